The van der Waals surface area contributed by atoms with Crippen LogP contribution in [0.15, 0.2) is 47.7 Å². The standard InChI is InChI=1S/C15H13N3O3/c1-2-18-9-11(8-17-18)15(20)21-12-4-3-10-5-6-16-14(19)13(10)7-12/h3-9H,2H2,1H3,(H,16,19). The monoisotopic (exact) mass is 283 g/mol. The number of carbonyl (C=O) groups is 1. The molecule has 3 rings (SSSR count). The highest BCUT2D eigenvalue weighted by Gasteiger charge is 2.11. The molecule has 0 amide bonds. The second-order valence-electron chi connectivity index (χ2n) is 4.53. The van der Waals surface area contributed by atoms with Crippen LogP contribution in [-0.2, 0) is 6.54 Å². The lowest BCUT2D eigenvalue weighted by Gasteiger charge is -2.04. The first kappa shape index (κ1) is 13.1. The smallest absolute Gasteiger partial charge is 0.346 e. The largest absolute Gasteiger partial charge is 0.423 e. The number of benzene rings is 1. The first-order valence-electron chi connectivity index (χ1n) is 6.53. The summed E-state index contributed by atoms with van der Waals surface area (Å²) >= 11 is 0. The van der Waals surface area contributed by atoms with Crippen molar-refractivity contribution in [2.24, 2.45) is 0 Å². The number of hydrogen-bond donors (Lipinski definition) is 1. The first-order valence-corrected chi connectivity index (χ1v) is 6.53. The van der Waals surface area contributed by atoms with Gasteiger partial charge in [-0.2, -0.15) is 5.10 Å². The molecular weight excluding hydrogens is 270 g/mol. The number of aromatic nitrogens is 3. The van der Waals surface area contributed by atoms with Crippen molar-refractivity contribution in [2.45, 2.75) is 13.5 Å². The van der Waals surface area contributed by atoms with Gasteiger partial charge in [0.05, 0.1) is 17.1 Å². The fourth-order valence-corrected chi connectivity index (χ4v) is 2.03. The van der Waals surface area contributed by atoms with Crippen LogP contribution in [0.3, 0.4) is 0 Å². The Morgan fingerprint density at radius 3 is 3.00 bits per heavy atom. The van der Waals surface area contributed by atoms with Crippen LogP contribution in [0.2, 0.25) is 0 Å². The molecule has 2 aromatic heterocycles. The van der Waals surface area contributed by atoms with Crippen LogP contribution in [0, 0.1) is 0 Å². The lowest BCUT2D eigenvalue weighted by molar-refractivity contribution is 0.0735. The second-order valence-corrected chi connectivity index (χ2v) is 4.53. The lowest BCUT2D eigenvalue weighted by atomic mass is 10.2. The molecule has 0 atom stereocenters. The zero-order valence-electron chi connectivity index (χ0n) is 11.4. The summed E-state index contributed by atoms with van der Waals surface area (Å²) in [5, 5.41) is 5.29. The summed E-state index contributed by atoms with van der Waals surface area (Å²) in [6, 6.07) is 6.73. The molecule has 21 heavy (non-hydrogen) atoms. The maximum Gasteiger partial charge on any atom is 0.346 e. The third-order valence-electron chi connectivity index (χ3n) is 3.15. The molecule has 0 aliphatic rings. The average Bonchev–Trinajstić information content (AvgIpc) is 2.97. The molecule has 0 bridgehead atoms. The quantitative estimate of drug-likeness (QED) is 0.589. The van der Waals surface area contributed by atoms with Crippen molar-refractivity contribution >= 4 is 16.7 Å². The van der Waals surface area contributed by atoms with E-state index in [9.17, 15) is 9.59 Å². The molecule has 0 spiro atoms. The predicted octanol–water partition coefficient (Wildman–Crippen LogP) is 1.96. The summed E-state index contributed by atoms with van der Waals surface area (Å²) in [6.07, 6.45) is 4.66. The zero-order valence-corrected chi connectivity index (χ0v) is 11.4. The van der Waals surface area contributed by atoms with Gasteiger partial charge >= 0.3 is 5.97 Å². The second kappa shape index (κ2) is 5.24. The molecule has 0 fully saturated rings. The van der Waals surface area contributed by atoms with Crippen LogP contribution in [0.5, 0.6) is 5.75 Å². The molecule has 0 saturated heterocycles. The number of rotatable bonds is 3. The number of fused-ring (bicyclic) bond motifs is 1. The van der Waals surface area contributed by atoms with Crippen LogP contribution >= 0.6 is 0 Å². The van der Waals surface area contributed by atoms with E-state index in [0.717, 1.165) is 5.39 Å². The number of esters is 1. The summed E-state index contributed by atoms with van der Waals surface area (Å²) in [7, 11) is 0. The van der Waals surface area contributed by atoms with Crippen molar-refractivity contribution in [3.8, 4) is 5.75 Å². The topological polar surface area (TPSA) is 77.0 Å². The minimum absolute atomic E-state index is 0.218. The maximum absolute atomic E-state index is 12.0. The van der Waals surface area contributed by atoms with Crippen LogP contribution in [0.4, 0.5) is 0 Å². The molecule has 0 saturated carbocycles. The predicted molar refractivity (Wildman–Crippen MR) is 77.4 cm³/mol. The number of H-pyrrole nitrogens is 1. The fraction of sp³-hybridized carbons (Fsp3) is 0.133. The number of hydrogen-bond acceptors (Lipinski definition) is 4. The van der Waals surface area contributed by atoms with Gasteiger partial charge in [-0.3, -0.25) is 9.48 Å². The molecule has 3 aromatic rings. The fourth-order valence-electron chi connectivity index (χ4n) is 2.03. The third kappa shape index (κ3) is 2.55. The number of aryl methyl sites for hydroxylation is 1. The number of nitrogens with zero attached hydrogens (tertiary/aromatic N) is 2. The van der Waals surface area contributed by atoms with Crippen molar-refractivity contribution in [3.63, 3.8) is 0 Å². The van der Waals surface area contributed by atoms with E-state index in [1.807, 2.05) is 6.92 Å². The van der Waals surface area contributed by atoms with E-state index in [1.54, 1.807) is 41.3 Å². The van der Waals surface area contributed by atoms with Crippen molar-refractivity contribution in [1.29, 1.82) is 0 Å². The molecule has 0 radical (unpaired) electrons. The molecule has 6 heteroatoms. The Hall–Kier alpha value is -2.89. The van der Waals surface area contributed by atoms with Crippen LogP contribution in [-0.4, -0.2) is 20.7 Å². The first-order chi connectivity index (χ1) is 10.2. The Balaban J connectivity index is 1.89. The minimum Gasteiger partial charge on any atom is -0.423 e. The van der Waals surface area contributed by atoms with Gasteiger partial charge in [0, 0.05) is 18.9 Å². The van der Waals surface area contributed by atoms with Gasteiger partial charge in [-0.15, -0.1) is 0 Å². The highest BCUT2D eigenvalue weighted by atomic mass is 16.5. The Morgan fingerprint density at radius 1 is 1.38 bits per heavy atom. The molecule has 0 aliphatic carbocycles. The Labute approximate surface area is 120 Å². The van der Waals surface area contributed by atoms with Crippen molar-refractivity contribution in [3.05, 3.63) is 58.8 Å². The summed E-state index contributed by atoms with van der Waals surface area (Å²) in [6.45, 7) is 2.61. The summed E-state index contributed by atoms with van der Waals surface area (Å²) in [5.74, 6) is -0.171. The van der Waals surface area contributed by atoms with Crippen molar-refractivity contribution < 1.29 is 9.53 Å². The van der Waals surface area contributed by atoms with E-state index >= 15 is 0 Å². The molecule has 2 heterocycles. The highest BCUT2D eigenvalue weighted by molar-refractivity contribution is 5.91. The molecular formula is C15H13N3O3. The van der Waals surface area contributed by atoms with Gasteiger partial charge in [0.25, 0.3) is 5.56 Å². The van der Waals surface area contributed by atoms with Gasteiger partial charge in [0.15, 0.2) is 0 Å². The highest BCUT2D eigenvalue weighted by Crippen LogP contribution is 2.18. The average molecular weight is 283 g/mol. The van der Waals surface area contributed by atoms with E-state index in [-0.39, 0.29) is 5.56 Å². The van der Waals surface area contributed by atoms with Gasteiger partial charge in [-0.25, -0.2) is 4.79 Å². The summed E-state index contributed by atoms with van der Waals surface area (Å²) in [5.41, 5.74) is 0.156. The van der Waals surface area contributed by atoms with Crippen LogP contribution < -0.4 is 10.3 Å². The molecule has 106 valence electrons. The third-order valence-corrected chi connectivity index (χ3v) is 3.15. The van der Waals surface area contributed by atoms with E-state index in [4.69, 9.17) is 4.74 Å². The van der Waals surface area contributed by atoms with Gasteiger partial charge in [-0.05, 0) is 30.5 Å². The van der Waals surface area contributed by atoms with Crippen molar-refractivity contribution in [2.75, 3.05) is 0 Å². The summed E-state index contributed by atoms with van der Waals surface area (Å²) in [4.78, 5) is 26.3. The molecule has 1 aromatic carbocycles. The maximum atomic E-state index is 12.0. The Morgan fingerprint density at radius 2 is 2.24 bits per heavy atom. The Bertz CT molecular complexity index is 864. The van der Waals surface area contributed by atoms with Crippen LogP contribution in [0.25, 0.3) is 10.8 Å². The number of ether oxygens (including phenoxy) is 1. The van der Waals surface area contributed by atoms with Crippen molar-refractivity contribution in [1.82, 2.24) is 14.8 Å². The SMILES string of the molecule is CCn1cc(C(=O)Oc2ccc3cc[nH]c(=O)c3c2)cn1. The zero-order chi connectivity index (χ0) is 14.8. The molecule has 0 aliphatic heterocycles. The van der Waals surface area contributed by atoms with E-state index in [1.165, 1.54) is 6.20 Å². The summed E-state index contributed by atoms with van der Waals surface area (Å²) < 4.78 is 6.92. The molecule has 0 unspecified atom stereocenters. The van der Waals surface area contributed by atoms with Crippen LogP contribution in [0.1, 0.15) is 17.3 Å². The molecule has 6 nitrogen and oxygen atoms in total. The minimum atomic E-state index is -0.499. The van der Waals surface area contributed by atoms with Gasteiger partial charge in [-0.1, -0.05) is 6.07 Å². The van der Waals surface area contributed by atoms with E-state index < -0.39 is 5.97 Å². The van der Waals surface area contributed by atoms with E-state index in [0.29, 0.717) is 23.2 Å². The molecule has 1 N–H and O–H groups in total. The lowest BCUT2D eigenvalue weighted by Crippen LogP contribution is -2.09. The number of carbonyl (C=O) groups excluding carboxylic acids is 1. The number of pyridine rings is 1. The number of nitrogens with one attached hydrogen (secondary N) is 1. The van der Waals surface area contributed by atoms with Gasteiger partial charge in [0.2, 0.25) is 0 Å². The number of aromatic amines is 1. The van der Waals surface area contributed by atoms with Gasteiger partial charge in [0.1, 0.15) is 5.75 Å². The Kier molecular flexibility index (Phi) is 3.27. The normalized spacial score (nSPS) is 10.7. The van der Waals surface area contributed by atoms with Gasteiger partial charge < -0.3 is 9.72 Å². The van der Waals surface area contributed by atoms with E-state index in [2.05, 4.69) is 10.1 Å².